The van der Waals surface area contributed by atoms with Gasteiger partial charge in [-0.05, 0) is 6.07 Å². The van der Waals surface area contributed by atoms with Crippen LogP contribution in [-0.4, -0.2) is 9.97 Å². The molecular formula is C6H4FN3S. The van der Waals surface area contributed by atoms with Gasteiger partial charge >= 0.3 is 0 Å². The van der Waals surface area contributed by atoms with Crippen LogP contribution in [0.4, 0.5) is 9.52 Å². The van der Waals surface area contributed by atoms with E-state index in [1.807, 2.05) is 0 Å². The summed E-state index contributed by atoms with van der Waals surface area (Å²) in [6.07, 6.45) is 1.37. The standard InChI is InChI=1S/C6H4FN3S/c7-3-1-2-9-5-4(3)11-6(8)10-5/h1-2H,(H2,8,9,10). The van der Waals surface area contributed by atoms with Crippen LogP contribution in [0, 0.1) is 5.82 Å². The summed E-state index contributed by atoms with van der Waals surface area (Å²) >= 11 is 1.11. The Bertz CT molecular complexity index is 398. The first-order chi connectivity index (χ1) is 5.27. The van der Waals surface area contributed by atoms with Crippen molar-refractivity contribution in [2.75, 3.05) is 5.73 Å². The molecule has 0 radical (unpaired) electrons. The molecule has 2 rings (SSSR count). The van der Waals surface area contributed by atoms with E-state index in [1.165, 1.54) is 12.3 Å². The normalized spacial score (nSPS) is 10.6. The van der Waals surface area contributed by atoms with Crippen LogP contribution in [0.2, 0.25) is 0 Å². The molecule has 0 aliphatic heterocycles. The van der Waals surface area contributed by atoms with Crippen molar-refractivity contribution in [3.63, 3.8) is 0 Å². The molecule has 5 heteroatoms. The minimum absolute atomic E-state index is 0.316. The first kappa shape index (κ1) is 6.48. The van der Waals surface area contributed by atoms with Crippen molar-refractivity contribution in [3.8, 4) is 0 Å². The van der Waals surface area contributed by atoms with Crippen LogP contribution >= 0.6 is 11.3 Å². The third-order valence-electron chi connectivity index (χ3n) is 1.26. The molecule has 2 heterocycles. The molecule has 2 aromatic heterocycles. The number of fused-ring (bicyclic) bond motifs is 1. The van der Waals surface area contributed by atoms with E-state index in [0.29, 0.717) is 15.5 Å². The lowest BCUT2D eigenvalue weighted by atomic mass is 10.5. The molecule has 0 aliphatic rings. The van der Waals surface area contributed by atoms with Crippen LogP contribution < -0.4 is 5.73 Å². The maximum absolute atomic E-state index is 12.9. The highest BCUT2D eigenvalue weighted by molar-refractivity contribution is 7.22. The van der Waals surface area contributed by atoms with Gasteiger partial charge in [-0.15, -0.1) is 0 Å². The molecule has 56 valence electrons. The molecule has 0 unspecified atom stereocenters. The maximum Gasteiger partial charge on any atom is 0.182 e. The Morgan fingerprint density at radius 2 is 2.36 bits per heavy atom. The molecule has 3 nitrogen and oxygen atoms in total. The molecule has 2 aromatic rings. The highest BCUT2D eigenvalue weighted by atomic mass is 32.1. The lowest BCUT2D eigenvalue weighted by Gasteiger charge is -1.85. The molecular weight excluding hydrogens is 165 g/mol. The molecule has 0 bridgehead atoms. The molecule has 0 aromatic carbocycles. The molecule has 0 saturated carbocycles. The lowest BCUT2D eigenvalue weighted by molar-refractivity contribution is 0.640. The van der Waals surface area contributed by atoms with Crippen molar-refractivity contribution in [1.29, 1.82) is 0 Å². The van der Waals surface area contributed by atoms with Crippen LogP contribution in [0.15, 0.2) is 12.3 Å². The van der Waals surface area contributed by atoms with E-state index < -0.39 is 0 Å². The zero-order valence-corrected chi connectivity index (χ0v) is 6.23. The number of hydrogen-bond acceptors (Lipinski definition) is 4. The Morgan fingerprint density at radius 3 is 3.09 bits per heavy atom. The Balaban J connectivity index is 2.90. The molecule has 2 N–H and O–H groups in total. The van der Waals surface area contributed by atoms with Crippen LogP contribution in [0.5, 0.6) is 0 Å². The first-order valence-electron chi connectivity index (χ1n) is 2.94. The van der Waals surface area contributed by atoms with Crippen LogP contribution in [0.1, 0.15) is 0 Å². The van der Waals surface area contributed by atoms with E-state index in [2.05, 4.69) is 9.97 Å². The summed E-state index contributed by atoms with van der Waals surface area (Å²) in [6, 6.07) is 1.29. The summed E-state index contributed by atoms with van der Waals surface area (Å²) in [5.41, 5.74) is 5.74. The van der Waals surface area contributed by atoms with E-state index in [-0.39, 0.29) is 5.82 Å². The highest BCUT2D eigenvalue weighted by Crippen LogP contribution is 2.23. The van der Waals surface area contributed by atoms with Crippen molar-refractivity contribution in [1.82, 2.24) is 9.97 Å². The molecule has 0 atom stereocenters. The lowest BCUT2D eigenvalue weighted by Crippen LogP contribution is -1.81. The van der Waals surface area contributed by atoms with Crippen LogP contribution in [-0.2, 0) is 0 Å². The highest BCUT2D eigenvalue weighted by Gasteiger charge is 2.05. The number of nitrogen functional groups attached to an aromatic ring is 1. The zero-order chi connectivity index (χ0) is 7.84. The SMILES string of the molecule is Nc1nc2nccc(F)c2s1. The second-order valence-corrected chi connectivity index (χ2v) is 3.03. The first-order valence-corrected chi connectivity index (χ1v) is 3.75. The van der Waals surface area contributed by atoms with Crippen molar-refractivity contribution >= 4 is 26.8 Å². The van der Waals surface area contributed by atoms with Gasteiger partial charge in [-0.3, -0.25) is 0 Å². The van der Waals surface area contributed by atoms with Gasteiger partial charge < -0.3 is 5.73 Å². The second-order valence-electron chi connectivity index (χ2n) is 2.00. The third-order valence-corrected chi connectivity index (χ3v) is 2.14. The summed E-state index contributed by atoms with van der Waals surface area (Å²) in [5.74, 6) is -0.316. The van der Waals surface area contributed by atoms with Gasteiger partial charge in [0.1, 0.15) is 10.5 Å². The number of thiazole rings is 1. The monoisotopic (exact) mass is 169 g/mol. The predicted octanol–water partition coefficient (Wildman–Crippen LogP) is 1.41. The van der Waals surface area contributed by atoms with Crippen LogP contribution in [0.3, 0.4) is 0 Å². The maximum atomic E-state index is 12.9. The summed E-state index contributed by atoms with van der Waals surface area (Å²) in [5, 5.41) is 0.345. The van der Waals surface area contributed by atoms with Gasteiger partial charge in [0.15, 0.2) is 10.8 Å². The van der Waals surface area contributed by atoms with Gasteiger partial charge in [0.05, 0.1) is 0 Å². The quantitative estimate of drug-likeness (QED) is 0.648. The Hall–Kier alpha value is -1.23. The minimum Gasteiger partial charge on any atom is -0.375 e. The minimum atomic E-state index is -0.316. The van der Waals surface area contributed by atoms with E-state index in [0.717, 1.165) is 11.3 Å². The molecule has 0 spiro atoms. The molecule has 0 aliphatic carbocycles. The summed E-state index contributed by atoms with van der Waals surface area (Å²) in [7, 11) is 0. The predicted molar refractivity (Wildman–Crippen MR) is 41.8 cm³/mol. The fourth-order valence-electron chi connectivity index (χ4n) is 0.820. The number of nitrogens with zero attached hydrogens (tertiary/aromatic N) is 2. The molecule has 11 heavy (non-hydrogen) atoms. The Morgan fingerprint density at radius 1 is 1.55 bits per heavy atom. The Kier molecular flexibility index (Phi) is 1.25. The summed E-state index contributed by atoms with van der Waals surface area (Å²) < 4.78 is 13.3. The number of rotatable bonds is 0. The van der Waals surface area contributed by atoms with Gasteiger partial charge in [-0.1, -0.05) is 11.3 Å². The third kappa shape index (κ3) is 0.932. The van der Waals surface area contributed by atoms with Crippen LogP contribution in [0.25, 0.3) is 10.3 Å². The largest absolute Gasteiger partial charge is 0.375 e. The molecule has 0 amide bonds. The number of pyridine rings is 1. The fraction of sp³-hybridized carbons (Fsp3) is 0. The number of aromatic nitrogens is 2. The van der Waals surface area contributed by atoms with E-state index in [4.69, 9.17) is 5.73 Å². The van der Waals surface area contributed by atoms with E-state index >= 15 is 0 Å². The number of hydrogen-bond donors (Lipinski definition) is 1. The van der Waals surface area contributed by atoms with E-state index in [9.17, 15) is 4.39 Å². The summed E-state index contributed by atoms with van der Waals surface area (Å²) in [4.78, 5) is 7.66. The number of nitrogens with two attached hydrogens (primary N) is 1. The fourth-order valence-corrected chi connectivity index (χ4v) is 1.52. The van der Waals surface area contributed by atoms with E-state index in [1.54, 1.807) is 0 Å². The van der Waals surface area contributed by atoms with Gasteiger partial charge in [0.25, 0.3) is 0 Å². The van der Waals surface area contributed by atoms with Crippen molar-refractivity contribution < 1.29 is 4.39 Å². The van der Waals surface area contributed by atoms with Gasteiger partial charge in [-0.25, -0.2) is 14.4 Å². The number of anilines is 1. The zero-order valence-electron chi connectivity index (χ0n) is 5.41. The van der Waals surface area contributed by atoms with Gasteiger partial charge in [0.2, 0.25) is 0 Å². The smallest absolute Gasteiger partial charge is 0.182 e. The van der Waals surface area contributed by atoms with Crippen molar-refractivity contribution in [2.45, 2.75) is 0 Å². The molecule has 0 fully saturated rings. The average molecular weight is 169 g/mol. The number of halogens is 1. The Labute approximate surface area is 65.7 Å². The van der Waals surface area contributed by atoms with Crippen molar-refractivity contribution in [3.05, 3.63) is 18.1 Å². The van der Waals surface area contributed by atoms with Crippen molar-refractivity contribution in [2.24, 2.45) is 0 Å². The second kappa shape index (κ2) is 2.13. The molecule has 0 saturated heterocycles. The topological polar surface area (TPSA) is 51.8 Å². The summed E-state index contributed by atoms with van der Waals surface area (Å²) in [6.45, 7) is 0. The van der Waals surface area contributed by atoms with Gasteiger partial charge in [0, 0.05) is 6.20 Å². The van der Waals surface area contributed by atoms with Gasteiger partial charge in [-0.2, -0.15) is 0 Å². The average Bonchev–Trinajstić information content (AvgIpc) is 2.31.